The minimum Gasteiger partial charge on any atom is -0.487 e. The van der Waals surface area contributed by atoms with Crippen molar-refractivity contribution in [3.63, 3.8) is 0 Å². The number of ether oxygens (including phenoxy) is 1. The summed E-state index contributed by atoms with van der Waals surface area (Å²) in [5.74, 6) is 1.23. The molecular formula is C25H18Br2ClN3O. The van der Waals surface area contributed by atoms with Crippen LogP contribution < -0.4 is 4.74 Å². The number of aromatic amines is 1. The third-order valence-electron chi connectivity index (χ3n) is 5.10. The van der Waals surface area contributed by atoms with Crippen LogP contribution in [0.15, 0.2) is 57.5 Å². The van der Waals surface area contributed by atoms with Gasteiger partial charge < -0.3 is 9.72 Å². The first-order valence-electron chi connectivity index (χ1n) is 9.79. The monoisotopic (exact) mass is 569 g/mol. The van der Waals surface area contributed by atoms with E-state index in [1.54, 1.807) is 6.08 Å². The van der Waals surface area contributed by atoms with Crippen molar-refractivity contribution in [2.75, 3.05) is 0 Å². The zero-order valence-electron chi connectivity index (χ0n) is 17.3. The summed E-state index contributed by atoms with van der Waals surface area (Å²) in [5.41, 5.74) is 6.41. The lowest BCUT2D eigenvalue weighted by molar-refractivity contribution is 0.302. The van der Waals surface area contributed by atoms with Crippen molar-refractivity contribution in [2.24, 2.45) is 0 Å². The molecule has 1 aromatic heterocycles. The number of halogens is 3. The van der Waals surface area contributed by atoms with Crippen molar-refractivity contribution in [1.29, 1.82) is 5.26 Å². The van der Waals surface area contributed by atoms with Crippen molar-refractivity contribution in [2.45, 2.75) is 20.5 Å². The summed E-state index contributed by atoms with van der Waals surface area (Å²) in [5, 5.41) is 10.5. The first-order valence-corrected chi connectivity index (χ1v) is 11.8. The Balaban J connectivity index is 1.61. The number of fused-ring (bicyclic) bond motifs is 1. The fraction of sp³-hybridized carbons (Fsp3) is 0.120. The maximum absolute atomic E-state index is 9.76. The number of hydrogen-bond donors (Lipinski definition) is 1. The van der Waals surface area contributed by atoms with Crippen LogP contribution in [0.25, 0.3) is 22.7 Å². The molecule has 0 aliphatic heterocycles. The van der Waals surface area contributed by atoms with Crippen LogP contribution in [-0.4, -0.2) is 9.97 Å². The Kier molecular flexibility index (Phi) is 6.71. The smallest absolute Gasteiger partial charge is 0.149 e. The normalized spacial score (nSPS) is 11.6. The summed E-state index contributed by atoms with van der Waals surface area (Å²) in [6.07, 6.45) is 1.80. The Labute approximate surface area is 208 Å². The molecule has 0 spiro atoms. The van der Waals surface area contributed by atoms with E-state index < -0.39 is 0 Å². The lowest BCUT2D eigenvalue weighted by Crippen LogP contribution is -1.97. The fourth-order valence-corrected chi connectivity index (χ4v) is 4.83. The van der Waals surface area contributed by atoms with Gasteiger partial charge in [-0.25, -0.2) is 4.98 Å². The van der Waals surface area contributed by atoms with Crippen LogP contribution in [0.1, 0.15) is 28.1 Å². The standard InChI is InChI=1S/C25H18Br2ClN3O/c1-14-7-22-23(8-15(14)2)31-25(30-22)18(12-29)9-17-10-20(26)24(21(27)11-17)32-13-16-3-5-19(28)6-4-16/h3-11H,13H2,1-2H3,(H,30,31)/b18-9+. The van der Waals surface area contributed by atoms with Gasteiger partial charge in [-0.2, -0.15) is 5.26 Å². The Morgan fingerprint density at radius 1 is 1.09 bits per heavy atom. The first-order chi connectivity index (χ1) is 15.3. The molecule has 1 heterocycles. The third kappa shape index (κ3) is 4.91. The van der Waals surface area contributed by atoms with E-state index in [2.05, 4.69) is 67.8 Å². The summed E-state index contributed by atoms with van der Waals surface area (Å²) in [6, 6.07) is 17.7. The SMILES string of the molecule is Cc1cc2nc(/C(C#N)=C/c3cc(Br)c(OCc4ccc(Cl)cc4)c(Br)c3)[nH]c2cc1C. The molecule has 7 heteroatoms. The Bertz CT molecular complexity index is 1320. The van der Waals surface area contributed by atoms with Crippen molar-refractivity contribution in [3.05, 3.63) is 90.6 Å². The highest BCUT2D eigenvalue weighted by atomic mass is 79.9. The zero-order chi connectivity index (χ0) is 22.8. The summed E-state index contributed by atoms with van der Waals surface area (Å²) < 4.78 is 7.54. The number of benzene rings is 3. The number of nitrogens with zero attached hydrogens (tertiary/aromatic N) is 2. The third-order valence-corrected chi connectivity index (χ3v) is 6.53. The van der Waals surface area contributed by atoms with Gasteiger partial charge in [-0.3, -0.25) is 0 Å². The number of aryl methyl sites for hydroxylation is 2. The highest BCUT2D eigenvalue weighted by molar-refractivity contribution is 9.11. The molecule has 0 bridgehead atoms. The fourth-order valence-electron chi connectivity index (χ4n) is 3.25. The van der Waals surface area contributed by atoms with Gasteiger partial charge in [0.2, 0.25) is 0 Å². The predicted molar refractivity (Wildman–Crippen MR) is 137 cm³/mol. The van der Waals surface area contributed by atoms with Gasteiger partial charge in [0, 0.05) is 5.02 Å². The number of nitrogens with one attached hydrogen (secondary N) is 1. The van der Waals surface area contributed by atoms with Crippen LogP contribution in [0, 0.1) is 25.2 Å². The molecule has 32 heavy (non-hydrogen) atoms. The molecule has 4 rings (SSSR count). The summed E-state index contributed by atoms with van der Waals surface area (Å²) in [7, 11) is 0. The first kappa shape index (κ1) is 22.6. The van der Waals surface area contributed by atoms with E-state index >= 15 is 0 Å². The van der Waals surface area contributed by atoms with E-state index in [1.165, 1.54) is 11.1 Å². The number of rotatable bonds is 5. The van der Waals surface area contributed by atoms with Crippen LogP contribution in [0.3, 0.4) is 0 Å². The molecule has 0 amide bonds. The number of aromatic nitrogens is 2. The molecule has 160 valence electrons. The van der Waals surface area contributed by atoms with Crippen LogP contribution in [0.4, 0.5) is 0 Å². The van der Waals surface area contributed by atoms with Gasteiger partial charge >= 0.3 is 0 Å². The predicted octanol–water partition coefficient (Wildman–Crippen LogP) is 8.00. The lowest BCUT2D eigenvalue weighted by atomic mass is 10.1. The second-order valence-corrected chi connectivity index (χ2v) is 9.58. The largest absolute Gasteiger partial charge is 0.487 e. The van der Waals surface area contributed by atoms with Crippen LogP contribution in [0.2, 0.25) is 5.02 Å². The van der Waals surface area contributed by atoms with E-state index in [1.807, 2.05) is 42.5 Å². The van der Waals surface area contributed by atoms with Gasteiger partial charge in [-0.05, 0) is 110 Å². The van der Waals surface area contributed by atoms with E-state index in [0.29, 0.717) is 28.8 Å². The average Bonchev–Trinajstić information content (AvgIpc) is 3.15. The molecule has 0 saturated carbocycles. The maximum Gasteiger partial charge on any atom is 0.149 e. The molecule has 0 aliphatic carbocycles. The van der Waals surface area contributed by atoms with E-state index in [0.717, 1.165) is 31.1 Å². The Hall–Kier alpha value is -2.59. The van der Waals surface area contributed by atoms with E-state index in [4.69, 9.17) is 16.3 Å². The quantitative estimate of drug-likeness (QED) is 0.247. The van der Waals surface area contributed by atoms with Gasteiger partial charge in [-0.15, -0.1) is 0 Å². The van der Waals surface area contributed by atoms with Crippen molar-refractivity contribution in [3.8, 4) is 11.8 Å². The highest BCUT2D eigenvalue weighted by Crippen LogP contribution is 2.36. The molecule has 0 radical (unpaired) electrons. The van der Waals surface area contributed by atoms with Gasteiger partial charge in [0.05, 0.1) is 25.6 Å². The highest BCUT2D eigenvalue weighted by Gasteiger charge is 2.12. The molecule has 0 fully saturated rings. The molecule has 1 N–H and O–H groups in total. The van der Waals surface area contributed by atoms with Crippen molar-refractivity contribution in [1.82, 2.24) is 9.97 Å². The number of H-pyrrole nitrogens is 1. The molecule has 0 saturated heterocycles. The van der Waals surface area contributed by atoms with Crippen molar-refractivity contribution < 1.29 is 4.74 Å². The second-order valence-electron chi connectivity index (χ2n) is 7.44. The zero-order valence-corrected chi connectivity index (χ0v) is 21.3. The summed E-state index contributed by atoms with van der Waals surface area (Å²) >= 11 is 13.1. The number of nitriles is 1. The molecule has 0 atom stereocenters. The molecule has 4 aromatic rings. The van der Waals surface area contributed by atoms with Gasteiger partial charge in [0.25, 0.3) is 0 Å². The van der Waals surface area contributed by atoms with Crippen molar-refractivity contribution >= 4 is 66.1 Å². The number of allylic oxidation sites excluding steroid dienone is 1. The summed E-state index contributed by atoms with van der Waals surface area (Å²) in [4.78, 5) is 7.87. The van der Waals surface area contributed by atoms with Gasteiger partial charge in [-0.1, -0.05) is 23.7 Å². The lowest BCUT2D eigenvalue weighted by Gasteiger charge is -2.12. The second kappa shape index (κ2) is 9.50. The van der Waals surface area contributed by atoms with Crippen LogP contribution >= 0.6 is 43.5 Å². The van der Waals surface area contributed by atoms with E-state index in [9.17, 15) is 5.26 Å². The number of imidazole rings is 1. The van der Waals surface area contributed by atoms with E-state index in [-0.39, 0.29) is 0 Å². The minimum absolute atomic E-state index is 0.408. The molecular weight excluding hydrogens is 554 g/mol. The van der Waals surface area contributed by atoms with Gasteiger partial charge in [0.1, 0.15) is 24.3 Å². The molecule has 0 aliphatic rings. The van der Waals surface area contributed by atoms with Crippen LogP contribution in [-0.2, 0) is 6.61 Å². The Morgan fingerprint density at radius 3 is 2.41 bits per heavy atom. The maximum atomic E-state index is 9.76. The van der Waals surface area contributed by atoms with Crippen LogP contribution in [0.5, 0.6) is 5.75 Å². The molecule has 0 unspecified atom stereocenters. The average molecular weight is 572 g/mol. The minimum atomic E-state index is 0.408. The summed E-state index contributed by atoms with van der Waals surface area (Å²) in [6.45, 7) is 4.52. The van der Waals surface area contributed by atoms with Gasteiger partial charge in [0.15, 0.2) is 0 Å². The molecule has 4 nitrogen and oxygen atoms in total. The molecule has 3 aromatic carbocycles. The number of hydrogen-bond acceptors (Lipinski definition) is 3. The topological polar surface area (TPSA) is 61.7 Å². The Morgan fingerprint density at radius 2 is 1.75 bits per heavy atom.